The molecule has 0 aliphatic carbocycles. The maximum Gasteiger partial charge on any atom is 0.270 e. The molecular weight excluding hydrogens is 268 g/mol. The van der Waals surface area contributed by atoms with Crippen LogP contribution >= 0.6 is 11.6 Å². The molecular formula is C12H13ClN4O2. The number of amides is 1. The van der Waals surface area contributed by atoms with Crippen LogP contribution in [0, 0.1) is 12.3 Å². The highest BCUT2D eigenvalue weighted by atomic mass is 35.5. The summed E-state index contributed by atoms with van der Waals surface area (Å²) in [5.41, 5.74) is 0.205. The van der Waals surface area contributed by atoms with Crippen molar-refractivity contribution in [1.82, 2.24) is 15.3 Å². The van der Waals surface area contributed by atoms with E-state index in [1.165, 1.54) is 0 Å². The number of carbonyl (C=O) groups excluding carboxylic acids is 1. The van der Waals surface area contributed by atoms with Gasteiger partial charge in [0.2, 0.25) is 5.28 Å². The smallest absolute Gasteiger partial charge is 0.270 e. The number of hydrogen-bond donors (Lipinski definition) is 1. The molecule has 0 unspecified atom stereocenters. The molecule has 1 aromatic heterocycles. The zero-order valence-corrected chi connectivity index (χ0v) is 11.0. The third-order valence-electron chi connectivity index (χ3n) is 2.60. The summed E-state index contributed by atoms with van der Waals surface area (Å²) in [6, 6.07) is 1.60. The summed E-state index contributed by atoms with van der Waals surface area (Å²) in [5, 5.41) is 2.58. The molecule has 19 heavy (non-hydrogen) atoms. The van der Waals surface area contributed by atoms with E-state index in [1.807, 2.05) is 4.90 Å². The largest absolute Gasteiger partial charge is 0.378 e. The number of aromatic nitrogens is 2. The standard InChI is InChI=1S/C12H13ClN4O2/c1-2-3-14-11(18)9-8-10(16-12(13)15-9)17-4-6-19-7-5-17/h1,8H,3-7H2,(H,14,18). The first-order chi connectivity index (χ1) is 9.20. The Morgan fingerprint density at radius 2 is 2.26 bits per heavy atom. The lowest BCUT2D eigenvalue weighted by Crippen LogP contribution is -2.37. The summed E-state index contributed by atoms with van der Waals surface area (Å²) in [7, 11) is 0. The predicted molar refractivity (Wildman–Crippen MR) is 71.2 cm³/mol. The number of hydrogen-bond acceptors (Lipinski definition) is 5. The molecule has 1 aliphatic heterocycles. The van der Waals surface area contributed by atoms with Crippen molar-refractivity contribution in [3.05, 3.63) is 17.0 Å². The second-order valence-corrected chi connectivity index (χ2v) is 4.20. The van der Waals surface area contributed by atoms with Crippen LogP contribution in [0.25, 0.3) is 0 Å². The molecule has 1 aromatic rings. The second kappa shape index (κ2) is 6.36. The van der Waals surface area contributed by atoms with E-state index in [0.717, 1.165) is 0 Å². The maximum absolute atomic E-state index is 11.8. The topological polar surface area (TPSA) is 67.4 Å². The van der Waals surface area contributed by atoms with Crippen LogP contribution in [-0.4, -0.2) is 48.7 Å². The Bertz CT molecular complexity index is 509. The maximum atomic E-state index is 11.8. The Balaban J connectivity index is 2.19. The van der Waals surface area contributed by atoms with Crippen molar-refractivity contribution in [2.24, 2.45) is 0 Å². The average Bonchev–Trinajstić information content (AvgIpc) is 2.45. The van der Waals surface area contributed by atoms with Crippen molar-refractivity contribution in [3.8, 4) is 12.3 Å². The molecule has 0 aromatic carbocycles. The number of ether oxygens (including phenoxy) is 1. The summed E-state index contributed by atoms with van der Waals surface area (Å²) in [6.45, 7) is 2.81. The van der Waals surface area contributed by atoms with Crippen LogP contribution in [0.1, 0.15) is 10.5 Å². The first-order valence-electron chi connectivity index (χ1n) is 5.79. The quantitative estimate of drug-likeness (QED) is 0.638. The van der Waals surface area contributed by atoms with E-state index < -0.39 is 0 Å². The number of halogens is 1. The second-order valence-electron chi connectivity index (χ2n) is 3.87. The van der Waals surface area contributed by atoms with Crippen molar-refractivity contribution in [2.75, 3.05) is 37.7 Å². The average molecular weight is 281 g/mol. The Morgan fingerprint density at radius 3 is 2.95 bits per heavy atom. The van der Waals surface area contributed by atoms with Gasteiger partial charge in [0.05, 0.1) is 19.8 Å². The molecule has 0 bridgehead atoms. The van der Waals surface area contributed by atoms with E-state index in [9.17, 15) is 4.79 Å². The van der Waals surface area contributed by atoms with Gasteiger partial charge in [-0.3, -0.25) is 4.79 Å². The Labute approximate surface area is 116 Å². The van der Waals surface area contributed by atoms with Crippen LogP contribution in [0.4, 0.5) is 5.82 Å². The van der Waals surface area contributed by atoms with E-state index >= 15 is 0 Å². The van der Waals surface area contributed by atoms with Gasteiger partial charge in [-0.25, -0.2) is 9.97 Å². The van der Waals surface area contributed by atoms with E-state index in [1.54, 1.807) is 6.07 Å². The van der Waals surface area contributed by atoms with Crippen LogP contribution in [0.3, 0.4) is 0 Å². The molecule has 100 valence electrons. The Hall–Kier alpha value is -1.84. The molecule has 1 aliphatic rings. The third-order valence-corrected chi connectivity index (χ3v) is 2.77. The number of carbonyl (C=O) groups is 1. The fourth-order valence-corrected chi connectivity index (χ4v) is 1.88. The highest BCUT2D eigenvalue weighted by Crippen LogP contribution is 2.16. The third kappa shape index (κ3) is 3.56. The van der Waals surface area contributed by atoms with Crippen LogP contribution in [-0.2, 0) is 4.74 Å². The Kier molecular flexibility index (Phi) is 4.55. The molecule has 2 rings (SSSR count). The normalized spacial score (nSPS) is 14.8. The molecule has 2 heterocycles. The van der Waals surface area contributed by atoms with Gasteiger partial charge in [-0.1, -0.05) is 5.92 Å². The summed E-state index contributed by atoms with van der Waals surface area (Å²) < 4.78 is 5.26. The highest BCUT2D eigenvalue weighted by molar-refractivity contribution is 6.28. The summed E-state index contributed by atoms with van der Waals surface area (Å²) >= 11 is 5.85. The molecule has 1 N–H and O–H groups in total. The van der Waals surface area contributed by atoms with Gasteiger partial charge in [0.15, 0.2) is 0 Å². The fraction of sp³-hybridized carbons (Fsp3) is 0.417. The minimum Gasteiger partial charge on any atom is -0.378 e. The lowest BCUT2D eigenvalue weighted by atomic mass is 10.3. The first kappa shape index (κ1) is 13.6. The van der Waals surface area contributed by atoms with Crippen molar-refractivity contribution < 1.29 is 9.53 Å². The number of anilines is 1. The monoisotopic (exact) mass is 280 g/mol. The van der Waals surface area contributed by atoms with E-state index in [4.69, 9.17) is 22.8 Å². The van der Waals surface area contributed by atoms with Crippen LogP contribution in [0.2, 0.25) is 5.28 Å². The number of nitrogens with zero attached hydrogens (tertiary/aromatic N) is 3. The van der Waals surface area contributed by atoms with Crippen molar-refractivity contribution in [2.45, 2.75) is 0 Å². The molecule has 0 saturated carbocycles. The number of morpholine rings is 1. The van der Waals surface area contributed by atoms with Crippen LogP contribution < -0.4 is 10.2 Å². The molecule has 0 spiro atoms. The van der Waals surface area contributed by atoms with Gasteiger partial charge in [0, 0.05) is 19.2 Å². The molecule has 1 amide bonds. The summed E-state index contributed by atoms with van der Waals surface area (Å²) in [5.74, 6) is 2.58. The lowest BCUT2D eigenvalue weighted by Gasteiger charge is -2.27. The summed E-state index contributed by atoms with van der Waals surface area (Å²) in [6.07, 6.45) is 5.09. The Morgan fingerprint density at radius 1 is 1.53 bits per heavy atom. The number of rotatable bonds is 3. The number of terminal acetylenes is 1. The van der Waals surface area contributed by atoms with Crippen molar-refractivity contribution >= 4 is 23.3 Å². The van der Waals surface area contributed by atoms with Gasteiger partial charge in [0.25, 0.3) is 5.91 Å². The summed E-state index contributed by atoms with van der Waals surface area (Å²) in [4.78, 5) is 21.8. The van der Waals surface area contributed by atoms with E-state index in [2.05, 4.69) is 21.2 Å². The zero-order valence-electron chi connectivity index (χ0n) is 10.2. The molecule has 7 heteroatoms. The van der Waals surface area contributed by atoms with Gasteiger partial charge < -0.3 is 15.0 Å². The van der Waals surface area contributed by atoms with Gasteiger partial charge >= 0.3 is 0 Å². The highest BCUT2D eigenvalue weighted by Gasteiger charge is 2.16. The molecule has 0 radical (unpaired) electrons. The first-order valence-corrected chi connectivity index (χ1v) is 6.17. The molecule has 0 atom stereocenters. The van der Waals surface area contributed by atoms with Gasteiger partial charge in [0.1, 0.15) is 11.5 Å². The fourth-order valence-electron chi connectivity index (χ4n) is 1.70. The molecule has 1 saturated heterocycles. The molecule has 1 fully saturated rings. The molecule has 6 nitrogen and oxygen atoms in total. The van der Waals surface area contributed by atoms with Gasteiger partial charge in [-0.2, -0.15) is 0 Å². The van der Waals surface area contributed by atoms with Crippen LogP contribution in [0.15, 0.2) is 6.07 Å². The van der Waals surface area contributed by atoms with Crippen molar-refractivity contribution in [3.63, 3.8) is 0 Å². The van der Waals surface area contributed by atoms with E-state index in [-0.39, 0.29) is 23.4 Å². The zero-order chi connectivity index (χ0) is 13.7. The van der Waals surface area contributed by atoms with Crippen molar-refractivity contribution in [1.29, 1.82) is 0 Å². The predicted octanol–water partition coefficient (Wildman–Crippen LogP) is 0.330. The lowest BCUT2D eigenvalue weighted by molar-refractivity contribution is 0.0953. The number of nitrogens with one attached hydrogen (secondary N) is 1. The van der Waals surface area contributed by atoms with Crippen LogP contribution in [0.5, 0.6) is 0 Å². The van der Waals surface area contributed by atoms with Gasteiger partial charge in [-0.05, 0) is 11.6 Å². The SMILES string of the molecule is C#CCNC(=O)c1cc(N2CCOCC2)nc(Cl)n1. The van der Waals surface area contributed by atoms with E-state index in [0.29, 0.717) is 32.1 Å². The minimum absolute atomic E-state index is 0.0369. The van der Waals surface area contributed by atoms with Gasteiger partial charge in [-0.15, -0.1) is 6.42 Å². The minimum atomic E-state index is -0.364.